The van der Waals surface area contributed by atoms with Gasteiger partial charge in [-0.05, 0) is 42.9 Å². The van der Waals surface area contributed by atoms with Crippen molar-refractivity contribution >= 4 is 5.69 Å². The maximum absolute atomic E-state index is 5.90. The van der Waals surface area contributed by atoms with E-state index in [1.165, 1.54) is 17.7 Å². The highest BCUT2D eigenvalue weighted by Crippen LogP contribution is 2.49. The zero-order valence-electron chi connectivity index (χ0n) is 9.77. The number of nitrogens with zero attached hydrogens (tertiary/aromatic N) is 1. The van der Waals surface area contributed by atoms with Gasteiger partial charge in [-0.25, -0.2) is 0 Å². The topological polar surface area (TPSA) is 29.3 Å². The number of hydrogen-bond donors (Lipinski definition) is 1. The lowest BCUT2D eigenvalue weighted by Gasteiger charge is -2.12. The van der Waals surface area contributed by atoms with Crippen LogP contribution in [0.3, 0.4) is 0 Å². The summed E-state index contributed by atoms with van der Waals surface area (Å²) in [5.74, 6) is 1.41. The van der Waals surface area contributed by atoms with Gasteiger partial charge in [-0.3, -0.25) is 0 Å². The molecule has 2 heteroatoms. The van der Waals surface area contributed by atoms with Crippen molar-refractivity contribution in [3.63, 3.8) is 0 Å². The van der Waals surface area contributed by atoms with Gasteiger partial charge in [0.1, 0.15) is 0 Å². The van der Waals surface area contributed by atoms with E-state index >= 15 is 0 Å². The summed E-state index contributed by atoms with van der Waals surface area (Å²) in [7, 11) is 4.13. The summed E-state index contributed by atoms with van der Waals surface area (Å²) in [6.07, 6.45) is 1.26. The van der Waals surface area contributed by atoms with Crippen molar-refractivity contribution in [2.45, 2.75) is 25.3 Å². The second kappa shape index (κ2) is 3.86. The highest BCUT2D eigenvalue weighted by atomic mass is 15.1. The van der Waals surface area contributed by atoms with Gasteiger partial charge in [0.05, 0.1) is 0 Å². The molecule has 1 saturated carbocycles. The minimum absolute atomic E-state index is 0.337. The van der Waals surface area contributed by atoms with E-state index in [1.807, 2.05) is 0 Å². The van der Waals surface area contributed by atoms with E-state index in [2.05, 4.69) is 50.2 Å². The van der Waals surface area contributed by atoms with E-state index in [-0.39, 0.29) is 0 Å². The lowest BCUT2D eigenvalue weighted by molar-refractivity contribution is 0.631. The number of anilines is 1. The number of hydrogen-bond acceptors (Lipinski definition) is 2. The molecule has 15 heavy (non-hydrogen) atoms. The molecule has 0 aliphatic heterocycles. The van der Waals surface area contributed by atoms with Crippen molar-refractivity contribution in [3.8, 4) is 0 Å². The van der Waals surface area contributed by atoms with Crippen LogP contribution in [0, 0.1) is 5.92 Å². The third-order valence-corrected chi connectivity index (χ3v) is 3.35. The van der Waals surface area contributed by atoms with Crippen LogP contribution in [0.2, 0.25) is 0 Å². The predicted octanol–water partition coefficient (Wildman–Crippen LogP) is 2.20. The van der Waals surface area contributed by atoms with Crippen LogP contribution >= 0.6 is 0 Å². The van der Waals surface area contributed by atoms with E-state index < -0.39 is 0 Å². The van der Waals surface area contributed by atoms with Crippen LogP contribution in [0.15, 0.2) is 24.3 Å². The summed E-state index contributed by atoms with van der Waals surface area (Å²) in [6, 6.07) is 9.19. The van der Waals surface area contributed by atoms with E-state index in [9.17, 15) is 0 Å². The van der Waals surface area contributed by atoms with Gasteiger partial charge in [0.25, 0.3) is 0 Å². The summed E-state index contributed by atoms with van der Waals surface area (Å²) >= 11 is 0. The Bertz CT molecular complexity index is 327. The number of benzene rings is 1. The van der Waals surface area contributed by atoms with Gasteiger partial charge in [0.15, 0.2) is 0 Å². The van der Waals surface area contributed by atoms with Crippen molar-refractivity contribution < 1.29 is 0 Å². The molecule has 3 atom stereocenters. The molecule has 0 unspecified atom stereocenters. The molecule has 0 radical (unpaired) electrons. The smallest absolute Gasteiger partial charge is 0.0361 e. The summed E-state index contributed by atoms with van der Waals surface area (Å²) in [5.41, 5.74) is 8.60. The second-order valence-electron chi connectivity index (χ2n) is 4.85. The molecule has 82 valence electrons. The molecular weight excluding hydrogens is 184 g/mol. The maximum atomic E-state index is 5.90. The number of rotatable bonds is 3. The van der Waals surface area contributed by atoms with Gasteiger partial charge in [0.2, 0.25) is 0 Å². The van der Waals surface area contributed by atoms with Crippen molar-refractivity contribution in [2.75, 3.05) is 19.0 Å². The summed E-state index contributed by atoms with van der Waals surface area (Å²) in [5, 5.41) is 0. The van der Waals surface area contributed by atoms with Crippen LogP contribution in [-0.2, 0) is 0 Å². The lowest BCUT2D eigenvalue weighted by atomic mass is 10.1. The molecule has 0 heterocycles. The fourth-order valence-corrected chi connectivity index (χ4v) is 2.20. The van der Waals surface area contributed by atoms with Crippen LogP contribution in [0.4, 0.5) is 5.69 Å². The Morgan fingerprint density at radius 3 is 2.27 bits per heavy atom. The van der Waals surface area contributed by atoms with E-state index in [0.717, 1.165) is 0 Å². The van der Waals surface area contributed by atoms with Crippen molar-refractivity contribution in [1.82, 2.24) is 0 Å². The largest absolute Gasteiger partial charge is 0.378 e. The van der Waals surface area contributed by atoms with Gasteiger partial charge in [-0.2, -0.15) is 0 Å². The summed E-state index contributed by atoms with van der Waals surface area (Å²) in [4.78, 5) is 2.12. The molecular formula is C13H20N2. The van der Waals surface area contributed by atoms with Crippen LogP contribution in [0.5, 0.6) is 0 Å². The highest BCUT2D eigenvalue weighted by Gasteiger charge is 2.40. The normalized spacial score (nSPS) is 26.1. The van der Waals surface area contributed by atoms with Crippen molar-refractivity contribution in [2.24, 2.45) is 11.7 Å². The molecule has 0 aromatic heterocycles. The monoisotopic (exact) mass is 204 g/mol. The quantitative estimate of drug-likeness (QED) is 0.818. The van der Waals surface area contributed by atoms with Crippen molar-refractivity contribution in [1.29, 1.82) is 0 Å². The fourth-order valence-electron chi connectivity index (χ4n) is 2.20. The fraction of sp³-hybridized carbons (Fsp3) is 0.538. The Labute approximate surface area is 92.1 Å². The Hall–Kier alpha value is -1.02. The molecule has 2 rings (SSSR count). The molecule has 1 aliphatic carbocycles. The number of nitrogens with two attached hydrogens (primary N) is 1. The summed E-state index contributed by atoms with van der Waals surface area (Å²) in [6.45, 7) is 2.11. The van der Waals surface area contributed by atoms with E-state index in [1.54, 1.807) is 0 Å². The van der Waals surface area contributed by atoms with E-state index in [0.29, 0.717) is 17.9 Å². The third kappa shape index (κ3) is 2.15. The molecule has 1 aliphatic rings. The van der Waals surface area contributed by atoms with Crippen LogP contribution < -0.4 is 10.6 Å². The minimum Gasteiger partial charge on any atom is -0.378 e. The zero-order valence-corrected chi connectivity index (χ0v) is 9.77. The average molecular weight is 204 g/mol. The predicted molar refractivity (Wildman–Crippen MR) is 65.3 cm³/mol. The Morgan fingerprint density at radius 2 is 1.87 bits per heavy atom. The molecule has 1 fully saturated rings. The first-order chi connectivity index (χ1) is 7.09. The Kier molecular flexibility index (Phi) is 2.70. The molecule has 0 bridgehead atoms. The van der Waals surface area contributed by atoms with Gasteiger partial charge < -0.3 is 10.6 Å². The Balaban J connectivity index is 2.06. The first kappa shape index (κ1) is 10.5. The average Bonchev–Trinajstić information content (AvgIpc) is 2.97. The molecule has 2 nitrogen and oxygen atoms in total. The van der Waals surface area contributed by atoms with E-state index in [4.69, 9.17) is 5.73 Å². The van der Waals surface area contributed by atoms with Crippen LogP contribution in [0.25, 0.3) is 0 Å². The Morgan fingerprint density at radius 1 is 1.27 bits per heavy atom. The van der Waals surface area contributed by atoms with Crippen LogP contribution in [-0.4, -0.2) is 20.1 Å². The van der Waals surface area contributed by atoms with Crippen molar-refractivity contribution in [3.05, 3.63) is 29.8 Å². The summed E-state index contributed by atoms with van der Waals surface area (Å²) < 4.78 is 0. The first-order valence-corrected chi connectivity index (χ1v) is 5.62. The molecule has 1 aromatic rings. The van der Waals surface area contributed by atoms with Gasteiger partial charge >= 0.3 is 0 Å². The van der Waals surface area contributed by atoms with Gasteiger partial charge in [-0.1, -0.05) is 12.1 Å². The first-order valence-electron chi connectivity index (χ1n) is 5.62. The second-order valence-corrected chi connectivity index (χ2v) is 4.85. The molecule has 1 aromatic carbocycles. The molecule has 0 amide bonds. The molecule has 2 N–H and O–H groups in total. The standard InChI is InChI=1S/C13H20N2/c1-9(14)12-8-13(12)10-4-6-11(7-5-10)15(2)3/h4-7,9,12-13H,8,14H2,1-3H3/t9-,12+,13-/m1/s1. The minimum atomic E-state index is 0.337. The molecule has 0 saturated heterocycles. The third-order valence-electron chi connectivity index (χ3n) is 3.35. The lowest BCUT2D eigenvalue weighted by Crippen LogP contribution is -2.17. The van der Waals surface area contributed by atoms with Gasteiger partial charge in [0, 0.05) is 25.8 Å². The highest BCUT2D eigenvalue weighted by molar-refractivity contribution is 5.47. The molecule has 0 spiro atoms. The van der Waals surface area contributed by atoms with Crippen LogP contribution in [0.1, 0.15) is 24.8 Å². The van der Waals surface area contributed by atoms with Gasteiger partial charge in [-0.15, -0.1) is 0 Å². The SMILES string of the molecule is C[C@@H](N)[C@@H]1C[C@@H]1c1ccc(N(C)C)cc1. The zero-order chi connectivity index (χ0) is 11.0. The maximum Gasteiger partial charge on any atom is 0.0361 e.